The van der Waals surface area contributed by atoms with Crippen LogP contribution in [0.15, 0.2) is 64.9 Å². The van der Waals surface area contributed by atoms with Gasteiger partial charge in [-0.1, -0.05) is 42.1 Å². The Morgan fingerprint density at radius 3 is 2.85 bits per heavy atom. The number of nitrogens with one attached hydrogen (secondary N) is 2. The number of hydrogen-bond acceptors (Lipinski definition) is 7. The molecule has 8 nitrogen and oxygen atoms in total. The number of carbonyl (C=O) groups excluding carboxylic acids is 1. The van der Waals surface area contributed by atoms with Gasteiger partial charge in [-0.15, -0.1) is 5.10 Å². The van der Waals surface area contributed by atoms with Crippen LogP contribution in [0.1, 0.15) is 5.56 Å². The molecule has 0 radical (unpaired) electrons. The minimum Gasteiger partial charge on any atom is -0.457 e. The fourth-order valence-corrected chi connectivity index (χ4v) is 2.48. The fraction of sp³-hybridized carbons (Fsp3) is 0.0588. The monoisotopic (exact) mass is 368 g/mol. The normalized spacial score (nSPS) is 10.8. The molecule has 0 saturated carbocycles. The van der Waals surface area contributed by atoms with Crippen molar-refractivity contribution in [3.05, 3.63) is 60.2 Å². The van der Waals surface area contributed by atoms with Gasteiger partial charge in [-0.25, -0.2) is 10.5 Å². The lowest BCUT2D eigenvalue weighted by Gasteiger charge is -2.05. The van der Waals surface area contributed by atoms with Gasteiger partial charge >= 0.3 is 0 Å². The third-order valence-corrected chi connectivity index (χ3v) is 3.90. The van der Waals surface area contributed by atoms with E-state index < -0.39 is 5.91 Å². The predicted octanol–water partition coefficient (Wildman–Crippen LogP) is 2.62. The average Bonchev–Trinajstić information content (AvgIpc) is 3.09. The van der Waals surface area contributed by atoms with Gasteiger partial charge in [0, 0.05) is 0 Å². The van der Waals surface area contributed by atoms with Gasteiger partial charge in [0.05, 0.1) is 12.0 Å². The van der Waals surface area contributed by atoms with Crippen molar-refractivity contribution in [2.75, 3.05) is 11.2 Å². The number of aromatic nitrogens is 3. The zero-order chi connectivity index (χ0) is 18.2. The number of ether oxygens (including phenoxy) is 1. The topological polar surface area (TPSA) is 118 Å². The number of para-hydroxylation sites is 1. The van der Waals surface area contributed by atoms with Crippen LogP contribution in [0.4, 0.5) is 5.95 Å². The summed E-state index contributed by atoms with van der Waals surface area (Å²) < 4.78 is 5.78. The number of nitrogens with two attached hydrogens (primary N) is 1. The van der Waals surface area contributed by atoms with Gasteiger partial charge in [0.25, 0.3) is 0 Å². The van der Waals surface area contributed by atoms with E-state index in [0.29, 0.717) is 16.9 Å². The van der Waals surface area contributed by atoms with Crippen LogP contribution in [0, 0.1) is 0 Å². The van der Waals surface area contributed by atoms with Crippen molar-refractivity contribution < 1.29 is 9.53 Å². The Labute approximate surface area is 153 Å². The number of anilines is 1. The molecule has 2 aromatic carbocycles. The number of benzene rings is 2. The second-order valence-electron chi connectivity index (χ2n) is 5.08. The molecule has 0 aliphatic heterocycles. The Kier molecular flexibility index (Phi) is 5.84. The highest BCUT2D eigenvalue weighted by Gasteiger charge is 2.04. The van der Waals surface area contributed by atoms with Crippen LogP contribution in [-0.4, -0.2) is 33.1 Å². The standard InChI is InChI=1S/C17H16N6O2S/c18-15(24)11-26-17-20-16(22-23-17)21-19-10-12-5-4-8-14(9-12)25-13-6-2-1-3-7-13/h1-10H,11H2,(H2,18,24)(H2,20,21,22,23)/b19-10-. The summed E-state index contributed by atoms with van der Waals surface area (Å²) in [4.78, 5) is 14.9. The molecule has 132 valence electrons. The highest BCUT2D eigenvalue weighted by atomic mass is 32.2. The van der Waals surface area contributed by atoms with Crippen LogP contribution in [-0.2, 0) is 4.79 Å². The molecule has 0 aliphatic rings. The molecule has 0 saturated heterocycles. The van der Waals surface area contributed by atoms with Crippen molar-refractivity contribution in [3.63, 3.8) is 0 Å². The lowest BCUT2D eigenvalue weighted by Crippen LogP contribution is -2.13. The van der Waals surface area contributed by atoms with E-state index in [4.69, 9.17) is 10.5 Å². The molecule has 3 aromatic rings. The Bertz CT molecular complexity index is 897. The Morgan fingerprint density at radius 2 is 2.04 bits per heavy atom. The summed E-state index contributed by atoms with van der Waals surface area (Å²) in [6, 6.07) is 17.1. The van der Waals surface area contributed by atoms with Gasteiger partial charge in [0.1, 0.15) is 11.5 Å². The number of amides is 1. The minimum absolute atomic E-state index is 0.120. The summed E-state index contributed by atoms with van der Waals surface area (Å²) in [5, 5.41) is 11.1. The molecule has 0 fully saturated rings. The van der Waals surface area contributed by atoms with Crippen molar-refractivity contribution in [2.24, 2.45) is 10.8 Å². The highest BCUT2D eigenvalue weighted by Crippen LogP contribution is 2.21. The molecular formula is C17H16N6O2S. The van der Waals surface area contributed by atoms with E-state index in [9.17, 15) is 4.79 Å². The summed E-state index contributed by atoms with van der Waals surface area (Å²) in [5.41, 5.74) is 8.67. The van der Waals surface area contributed by atoms with Crippen molar-refractivity contribution in [1.82, 2.24) is 15.2 Å². The summed E-state index contributed by atoms with van der Waals surface area (Å²) in [5.74, 6) is 1.54. The molecule has 9 heteroatoms. The van der Waals surface area contributed by atoms with Crippen LogP contribution in [0.2, 0.25) is 0 Å². The molecule has 1 heterocycles. The number of nitrogens with zero attached hydrogens (tertiary/aromatic N) is 3. The first-order valence-corrected chi connectivity index (χ1v) is 8.63. The number of hydrogen-bond donors (Lipinski definition) is 3. The van der Waals surface area contributed by atoms with E-state index in [0.717, 1.165) is 23.1 Å². The maximum absolute atomic E-state index is 10.7. The number of rotatable bonds is 8. The predicted molar refractivity (Wildman–Crippen MR) is 100 cm³/mol. The molecule has 3 rings (SSSR count). The lowest BCUT2D eigenvalue weighted by molar-refractivity contribution is -0.115. The molecule has 0 spiro atoms. The first-order valence-electron chi connectivity index (χ1n) is 7.64. The second kappa shape index (κ2) is 8.67. The van der Waals surface area contributed by atoms with Gasteiger partial charge in [-0.3, -0.25) is 4.79 Å². The fourth-order valence-electron chi connectivity index (χ4n) is 1.95. The third kappa shape index (κ3) is 5.35. The first kappa shape index (κ1) is 17.5. The van der Waals surface area contributed by atoms with Crippen molar-refractivity contribution >= 4 is 29.8 Å². The Hall–Kier alpha value is -3.33. The molecule has 1 aromatic heterocycles. The van der Waals surface area contributed by atoms with E-state index in [2.05, 4.69) is 25.7 Å². The van der Waals surface area contributed by atoms with Gasteiger partial charge in [-0.2, -0.15) is 10.1 Å². The third-order valence-electron chi connectivity index (χ3n) is 3.03. The number of aromatic amines is 1. The first-order chi connectivity index (χ1) is 12.7. The van der Waals surface area contributed by atoms with Crippen molar-refractivity contribution in [2.45, 2.75) is 5.16 Å². The van der Waals surface area contributed by atoms with Gasteiger partial charge in [0.15, 0.2) is 0 Å². The molecule has 0 unspecified atom stereocenters. The molecule has 0 aliphatic carbocycles. The van der Waals surface area contributed by atoms with E-state index >= 15 is 0 Å². The van der Waals surface area contributed by atoms with E-state index in [1.165, 1.54) is 0 Å². The highest BCUT2D eigenvalue weighted by molar-refractivity contribution is 7.99. The number of hydrazone groups is 1. The molecule has 1 amide bonds. The maximum atomic E-state index is 10.7. The van der Waals surface area contributed by atoms with Crippen LogP contribution >= 0.6 is 11.8 Å². The van der Waals surface area contributed by atoms with Crippen molar-refractivity contribution in [3.8, 4) is 11.5 Å². The van der Waals surface area contributed by atoms with E-state index in [-0.39, 0.29) is 5.75 Å². The Balaban J connectivity index is 1.57. The number of H-pyrrole nitrogens is 1. The number of carbonyl (C=O) groups is 1. The molecular weight excluding hydrogens is 352 g/mol. The summed E-state index contributed by atoms with van der Waals surface area (Å²) in [7, 11) is 0. The average molecular weight is 368 g/mol. The zero-order valence-corrected chi connectivity index (χ0v) is 14.4. The summed E-state index contributed by atoms with van der Waals surface area (Å²) in [6.07, 6.45) is 1.64. The van der Waals surface area contributed by atoms with E-state index in [1.54, 1.807) is 6.21 Å². The molecule has 0 bridgehead atoms. The van der Waals surface area contributed by atoms with Gasteiger partial charge in [-0.05, 0) is 29.8 Å². The maximum Gasteiger partial charge on any atom is 0.240 e. The van der Waals surface area contributed by atoms with Crippen molar-refractivity contribution in [1.29, 1.82) is 0 Å². The summed E-state index contributed by atoms with van der Waals surface area (Å²) >= 11 is 1.15. The molecule has 4 N–H and O–H groups in total. The quantitative estimate of drug-likeness (QED) is 0.319. The smallest absolute Gasteiger partial charge is 0.240 e. The van der Waals surface area contributed by atoms with Gasteiger partial charge < -0.3 is 10.5 Å². The van der Waals surface area contributed by atoms with E-state index in [1.807, 2.05) is 54.6 Å². The van der Waals surface area contributed by atoms with Crippen LogP contribution in [0.3, 0.4) is 0 Å². The van der Waals surface area contributed by atoms with Crippen LogP contribution in [0.5, 0.6) is 11.5 Å². The second-order valence-corrected chi connectivity index (χ2v) is 6.02. The SMILES string of the molecule is NC(=O)CSc1n[nH]c(N/N=C\c2cccc(Oc3ccccc3)c2)n1. The molecule has 0 atom stereocenters. The van der Waals surface area contributed by atoms with Crippen LogP contribution in [0.25, 0.3) is 0 Å². The van der Waals surface area contributed by atoms with Gasteiger partial charge in [0.2, 0.25) is 17.0 Å². The van der Waals surface area contributed by atoms with Crippen LogP contribution < -0.4 is 15.9 Å². The largest absolute Gasteiger partial charge is 0.457 e. The lowest BCUT2D eigenvalue weighted by atomic mass is 10.2. The summed E-state index contributed by atoms with van der Waals surface area (Å²) in [6.45, 7) is 0. The zero-order valence-electron chi connectivity index (χ0n) is 13.6. The number of thioether (sulfide) groups is 1. The number of primary amides is 1. The molecule has 26 heavy (non-hydrogen) atoms. The Morgan fingerprint density at radius 1 is 1.23 bits per heavy atom. The minimum atomic E-state index is -0.426.